The Morgan fingerprint density at radius 3 is 3.17 bits per heavy atom. The van der Waals surface area contributed by atoms with Crippen LogP contribution in [0.25, 0.3) is 0 Å². The molecule has 1 N–H and O–H groups in total. The fourth-order valence-electron chi connectivity index (χ4n) is 0.760. The quantitative estimate of drug-likeness (QED) is 0.518. The lowest BCUT2D eigenvalue weighted by Gasteiger charge is -1.93. The average molecular weight is 168 g/mol. The first-order chi connectivity index (χ1) is 5.83. The van der Waals surface area contributed by atoms with Crippen LogP contribution in [0.2, 0.25) is 0 Å². The first-order valence-corrected chi connectivity index (χ1v) is 3.84. The topological polar surface area (TPSA) is 38.7 Å². The highest BCUT2D eigenvalue weighted by Gasteiger charge is 2.02. The molecule has 1 rings (SSSR count). The van der Waals surface area contributed by atoms with Crippen molar-refractivity contribution in [3.63, 3.8) is 0 Å². The lowest BCUT2D eigenvalue weighted by Crippen LogP contribution is -1.83. The Labute approximate surface area is 71.6 Å². The van der Waals surface area contributed by atoms with Crippen molar-refractivity contribution in [3.8, 4) is 0 Å². The van der Waals surface area contributed by atoms with Gasteiger partial charge in [-0.05, 0) is 12.5 Å². The summed E-state index contributed by atoms with van der Waals surface area (Å²) in [6.45, 7) is 2.23. The van der Waals surface area contributed by atoms with E-state index in [9.17, 15) is 5.11 Å². The predicted octanol–water partition coefficient (Wildman–Crippen LogP) is 2.24. The zero-order chi connectivity index (χ0) is 8.81. The summed E-state index contributed by atoms with van der Waals surface area (Å²) < 4.78 is 9.77. The van der Waals surface area contributed by atoms with Crippen molar-refractivity contribution < 1.29 is 14.6 Å². The molecule has 0 saturated heterocycles. The molecule has 1 heterocycles. The van der Waals surface area contributed by atoms with Crippen LogP contribution in [0.3, 0.4) is 0 Å². The van der Waals surface area contributed by atoms with Crippen LogP contribution in [0.5, 0.6) is 0 Å². The van der Waals surface area contributed by atoms with Crippen LogP contribution in [-0.4, -0.2) is 11.9 Å². The summed E-state index contributed by atoms with van der Waals surface area (Å²) in [4.78, 5) is 0. The molecule has 0 amide bonds. The van der Waals surface area contributed by atoms with Crippen molar-refractivity contribution in [2.75, 3.05) is 6.79 Å². The first kappa shape index (κ1) is 8.71. The summed E-state index contributed by atoms with van der Waals surface area (Å²) in [5.41, 5.74) is 0. The third-order valence-corrected chi connectivity index (χ3v) is 1.31. The third-order valence-electron chi connectivity index (χ3n) is 1.31. The maximum atomic E-state index is 9.24. The summed E-state index contributed by atoms with van der Waals surface area (Å²) in [7, 11) is 0. The zero-order valence-corrected chi connectivity index (χ0v) is 6.99. The summed E-state index contributed by atoms with van der Waals surface area (Å²) in [5.74, 6) is 0.724. The number of allylic oxidation sites excluding steroid dienone is 3. The van der Waals surface area contributed by atoms with Gasteiger partial charge < -0.3 is 14.6 Å². The van der Waals surface area contributed by atoms with Gasteiger partial charge in [-0.1, -0.05) is 13.0 Å². The molecule has 0 saturated carbocycles. The molecule has 0 aliphatic carbocycles. The Hall–Kier alpha value is -1.38. The maximum Gasteiger partial charge on any atom is 0.230 e. The van der Waals surface area contributed by atoms with Gasteiger partial charge in [0, 0.05) is 6.08 Å². The zero-order valence-electron chi connectivity index (χ0n) is 6.99. The second kappa shape index (κ2) is 4.49. The van der Waals surface area contributed by atoms with Crippen molar-refractivity contribution in [1.29, 1.82) is 0 Å². The minimum atomic E-state index is 0.175. The van der Waals surface area contributed by atoms with Crippen molar-refractivity contribution in [1.82, 2.24) is 0 Å². The molecule has 0 atom stereocenters. The van der Waals surface area contributed by atoms with Gasteiger partial charge in [0.2, 0.25) is 6.79 Å². The van der Waals surface area contributed by atoms with Gasteiger partial charge in [-0.15, -0.1) is 0 Å². The van der Waals surface area contributed by atoms with Crippen LogP contribution < -0.4 is 0 Å². The Morgan fingerprint density at radius 1 is 1.75 bits per heavy atom. The highest BCUT2D eigenvalue weighted by atomic mass is 16.7. The summed E-state index contributed by atoms with van der Waals surface area (Å²) >= 11 is 0. The SMILES string of the molecule is CC/C=C\C(O)=C/C1=COCO1. The fraction of sp³-hybridized carbons (Fsp3) is 0.333. The van der Waals surface area contributed by atoms with Crippen molar-refractivity contribution >= 4 is 0 Å². The molecule has 0 spiro atoms. The maximum absolute atomic E-state index is 9.24. The van der Waals surface area contributed by atoms with E-state index in [0.717, 1.165) is 6.42 Å². The molecule has 0 aromatic rings. The lowest BCUT2D eigenvalue weighted by atomic mass is 10.3. The molecule has 3 nitrogen and oxygen atoms in total. The molecule has 12 heavy (non-hydrogen) atoms. The average Bonchev–Trinajstić information content (AvgIpc) is 2.53. The standard InChI is InChI=1S/C9H12O3/c1-2-3-4-8(10)5-9-6-11-7-12-9/h3-6,10H,2,7H2,1H3/b4-3-,8-5+. The Kier molecular flexibility index (Phi) is 3.26. The van der Waals surface area contributed by atoms with Gasteiger partial charge >= 0.3 is 0 Å². The molecule has 0 aromatic heterocycles. The number of rotatable bonds is 3. The first-order valence-electron chi connectivity index (χ1n) is 3.84. The van der Waals surface area contributed by atoms with Gasteiger partial charge in [0.1, 0.15) is 12.0 Å². The molecular weight excluding hydrogens is 156 g/mol. The van der Waals surface area contributed by atoms with E-state index in [1.165, 1.54) is 12.3 Å². The largest absolute Gasteiger partial charge is 0.508 e. The van der Waals surface area contributed by atoms with Crippen LogP contribution in [0.1, 0.15) is 13.3 Å². The molecule has 1 aliphatic rings. The van der Waals surface area contributed by atoms with E-state index in [-0.39, 0.29) is 12.6 Å². The Morgan fingerprint density at radius 2 is 2.58 bits per heavy atom. The molecule has 0 unspecified atom stereocenters. The number of hydrogen-bond donors (Lipinski definition) is 1. The van der Waals surface area contributed by atoms with Gasteiger partial charge in [-0.25, -0.2) is 0 Å². The van der Waals surface area contributed by atoms with Crippen molar-refractivity contribution in [3.05, 3.63) is 36.0 Å². The molecule has 0 fully saturated rings. The molecule has 0 bridgehead atoms. The van der Waals surface area contributed by atoms with E-state index in [1.54, 1.807) is 6.08 Å². The molecule has 3 heteroatoms. The van der Waals surface area contributed by atoms with E-state index in [2.05, 4.69) is 0 Å². The summed E-state index contributed by atoms with van der Waals surface area (Å²) in [6, 6.07) is 0. The predicted molar refractivity (Wildman–Crippen MR) is 45.3 cm³/mol. The van der Waals surface area contributed by atoms with Crippen LogP contribution in [0.15, 0.2) is 36.0 Å². The second-order valence-corrected chi connectivity index (χ2v) is 2.33. The van der Waals surface area contributed by atoms with E-state index in [0.29, 0.717) is 5.76 Å². The van der Waals surface area contributed by atoms with Crippen molar-refractivity contribution in [2.24, 2.45) is 0 Å². The Bertz CT molecular complexity index is 226. The smallest absolute Gasteiger partial charge is 0.230 e. The molecular formula is C9H12O3. The minimum Gasteiger partial charge on any atom is -0.508 e. The highest BCUT2D eigenvalue weighted by Crippen LogP contribution is 2.09. The normalized spacial score (nSPS) is 17.4. The molecule has 0 aromatic carbocycles. The van der Waals surface area contributed by atoms with Crippen LogP contribution >= 0.6 is 0 Å². The molecule has 66 valence electrons. The second-order valence-electron chi connectivity index (χ2n) is 2.33. The van der Waals surface area contributed by atoms with Gasteiger partial charge in [0.05, 0.1) is 0 Å². The number of aliphatic hydroxyl groups is 1. The highest BCUT2D eigenvalue weighted by molar-refractivity contribution is 5.21. The minimum absolute atomic E-state index is 0.175. The number of aliphatic hydroxyl groups excluding tert-OH is 1. The van der Waals surface area contributed by atoms with Crippen molar-refractivity contribution in [2.45, 2.75) is 13.3 Å². The van der Waals surface area contributed by atoms with Crippen LogP contribution in [0, 0.1) is 0 Å². The summed E-state index contributed by atoms with van der Waals surface area (Å²) in [6.07, 6.45) is 7.37. The van der Waals surface area contributed by atoms with Crippen LogP contribution in [0.4, 0.5) is 0 Å². The lowest BCUT2D eigenvalue weighted by molar-refractivity contribution is 0.0841. The molecule has 0 radical (unpaired) electrons. The summed E-state index contributed by atoms with van der Waals surface area (Å²) in [5, 5.41) is 9.24. The van der Waals surface area contributed by atoms with E-state index in [1.807, 2.05) is 13.0 Å². The van der Waals surface area contributed by atoms with E-state index in [4.69, 9.17) is 9.47 Å². The Balaban J connectivity index is 2.49. The fourth-order valence-corrected chi connectivity index (χ4v) is 0.760. The van der Waals surface area contributed by atoms with Gasteiger partial charge in [-0.3, -0.25) is 0 Å². The van der Waals surface area contributed by atoms with Gasteiger partial charge in [0.25, 0.3) is 0 Å². The van der Waals surface area contributed by atoms with Crippen LogP contribution in [-0.2, 0) is 9.47 Å². The monoisotopic (exact) mass is 168 g/mol. The number of ether oxygens (including phenoxy) is 2. The molecule has 1 aliphatic heterocycles. The van der Waals surface area contributed by atoms with E-state index >= 15 is 0 Å². The number of hydrogen-bond acceptors (Lipinski definition) is 3. The van der Waals surface area contributed by atoms with Gasteiger partial charge in [0.15, 0.2) is 5.76 Å². The van der Waals surface area contributed by atoms with E-state index < -0.39 is 0 Å². The third kappa shape index (κ3) is 2.70. The van der Waals surface area contributed by atoms with Gasteiger partial charge in [-0.2, -0.15) is 0 Å².